The van der Waals surface area contributed by atoms with Gasteiger partial charge in [-0.25, -0.2) is 5.43 Å². The van der Waals surface area contributed by atoms with Crippen LogP contribution in [0.3, 0.4) is 0 Å². The minimum absolute atomic E-state index is 0.180. The SMILES string of the molecule is COc1cc(OC)c(OC)cc1/C=N\NC(=O)c1ccc(NC(C)=O)cc1. The summed E-state index contributed by atoms with van der Waals surface area (Å²) in [6.07, 6.45) is 1.45. The Morgan fingerprint density at radius 3 is 2.07 bits per heavy atom. The summed E-state index contributed by atoms with van der Waals surface area (Å²) in [5, 5.41) is 6.59. The molecule has 2 N–H and O–H groups in total. The maximum atomic E-state index is 12.2. The van der Waals surface area contributed by atoms with Gasteiger partial charge in [0, 0.05) is 29.8 Å². The molecule has 2 aromatic rings. The fraction of sp³-hybridized carbons (Fsp3) is 0.211. The van der Waals surface area contributed by atoms with Crippen LogP contribution in [0.15, 0.2) is 41.5 Å². The van der Waals surface area contributed by atoms with E-state index in [2.05, 4.69) is 15.8 Å². The van der Waals surface area contributed by atoms with Gasteiger partial charge in [-0.2, -0.15) is 5.10 Å². The lowest BCUT2D eigenvalue weighted by atomic mass is 10.2. The molecule has 0 heterocycles. The van der Waals surface area contributed by atoms with E-state index < -0.39 is 0 Å². The molecule has 0 radical (unpaired) electrons. The van der Waals surface area contributed by atoms with Crippen molar-refractivity contribution in [2.45, 2.75) is 6.92 Å². The van der Waals surface area contributed by atoms with Crippen LogP contribution in [0.25, 0.3) is 0 Å². The Labute approximate surface area is 157 Å². The largest absolute Gasteiger partial charge is 0.496 e. The molecule has 0 saturated carbocycles. The standard InChI is InChI=1S/C19H21N3O5/c1-12(23)21-15-7-5-13(6-8-15)19(24)22-20-11-14-9-17(26-3)18(27-4)10-16(14)25-2/h5-11H,1-4H3,(H,21,23)(H,22,24)/b20-11-. The Hall–Kier alpha value is -3.55. The lowest BCUT2D eigenvalue weighted by molar-refractivity contribution is -0.114. The first kappa shape index (κ1) is 19.8. The predicted octanol–water partition coefficient (Wildman–Crippen LogP) is 2.43. The monoisotopic (exact) mass is 371 g/mol. The van der Waals surface area contributed by atoms with Crippen LogP contribution in [0.2, 0.25) is 0 Å². The molecule has 0 unspecified atom stereocenters. The molecule has 0 saturated heterocycles. The minimum atomic E-state index is -0.389. The number of nitrogens with one attached hydrogen (secondary N) is 2. The van der Waals surface area contributed by atoms with Crippen LogP contribution in [-0.4, -0.2) is 39.4 Å². The summed E-state index contributed by atoms with van der Waals surface area (Å²) < 4.78 is 15.8. The Balaban J connectivity index is 2.10. The highest BCUT2D eigenvalue weighted by Crippen LogP contribution is 2.33. The molecule has 0 bridgehead atoms. The number of hydrogen-bond donors (Lipinski definition) is 2. The van der Waals surface area contributed by atoms with Crippen LogP contribution >= 0.6 is 0 Å². The number of benzene rings is 2. The highest BCUT2D eigenvalue weighted by Gasteiger charge is 2.11. The number of anilines is 1. The van der Waals surface area contributed by atoms with E-state index in [0.29, 0.717) is 34.1 Å². The van der Waals surface area contributed by atoms with Crippen LogP contribution < -0.4 is 25.0 Å². The van der Waals surface area contributed by atoms with Crippen molar-refractivity contribution in [2.24, 2.45) is 5.10 Å². The topological polar surface area (TPSA) is 98.2 Å². The third kappa shape index (κ3) is 5.21. The number of amides is 2. The first-order valence-corrected chi connectivity index (χ1v) is 7.99. The van der Waals surface area contributed by atoms with Crippen molar-refractivity contribution in [3.63, 3.8) is 0 Å². The summed E-state index contributed by atoms with van der Waals surface area (Å²) in [4.78, 5) is 23.2. The van der Waals surface area contributed by atoms with Crippen molar-refractivity contribution in [2.75, 3.05) is 26.6 Å². The van der Waals surface area contributed by atoms with Crippen molar-refractivity contribution >= 4 is 23.7 Å². The van der Waals surface area contributed by atoms with Gasteiger partial charge in [-0.15, -0.1) is 0 Å². The number of methoxy groups -OCH3 is 3. The molecule has 2 rings (SSSR count). The van der Waals surface area contributed by atoms with E-state index in [0.717, 1.165) is 0 Å². The molecule has 2 aromatic carbocycles. The van der Waals surface area contributed by atoms with E-state index in [4.69, 9.17) is 14.2 Å². The molecule has 8 nitrogen and oxygen atoms in total. The van der Waals surface area contributed by atoms with Gasteiger partial charge in [-0.1, -0.05) is 0 Å². The molecule has 0 atom stereocenters. The first-order valence-electron chi connectivity index (χ1n) is 7.99. The quantitative estimate of drug-likeness (QED) is 0.575. The number of hydrazone groups is 1. The number of carbonyl (C=O) groups is 2. The Morgan fingerprint density at radius 1 is 0.926 bits per heavy atom. The molecular weight excluding hydrogens is 350 g/mol. The molecule has 8 heteroatoms. The summed E-state index contributed by atoms with van der Waals surface area (Å²) in [6, 6.07) is 9.81. The molecule has 0 aliphatic carbocycles. The lowest BCUT2D eigenvalue weighted by Crippen LogP contribution is -2.17. The maximum absolute atomic E-state index is 12.2. The number of nitrogens with zero attached hydrogens (tertiary/aromatic N) is 1. The van der Waals surface area contributed by atoms with Gasteiger partial charge < -0.3 is 19.5 Å². The van der Waals surface area contributed by atoms with E-state index in [1.165, 1.54) is 34.5 Å². The van der Waals surface area contributed by atoms with Crippen LogP contribution in [0.5, 0.6) is 17.2 Å². The zero-order valence-electron chi connectivity index (χ0n) is 15.5. The Morgan fingerprint density at radius 2 is 1.52 bits per heavy atom. The number of ether oxygens (including phenoxy) is 3. The molecule has 2 amide bonds. The van der Waals surface area contributed by atoms with E-state index in [9.17, 15) is 9.59 Å². The van der Waals surface area contributed by atoms with E-state index in [1.807, 2.05) is 0 Å². The molecule has 0 aromatic heterocycles. The molecule has 0 spiro atoms. The normalized spacial score (nSPS) is 10.4. The second kappa shape index (κ2) is 9.23. The number of rotatable bonds is 7. The highest BCUT2D eigenvalue weighted by molar-refractivity contribution is 5.96. The minimum Gasteiger partial charge on any atom is -0.496 e. The van der Waals surface area contributed by atoms with Gasteiger partial charge in [0.2, 0.25) is 5.91 Å². The van der Waals surface area contributed by atoms with Gasteiger partial charge >= 0.3 is 0 Å². The van der Waals surface area contributed by atoms with Gasteiger partial charge in [0.15, 0.2) is 11.5 Å². The van der Waals surface area contributed by atoms with Crippen molar-refractivity contribution in [1.29, 1.82) is 0 Å². The van der Waals surface area contributed by atoms with Crippen molar-refractivity contribution in [3.05, 3.63) is 47.5 Å². The zero-order chi connectivity index (χ0) is 19.8. The zero-order valence-corrected chi connectivity index (χ0v) is 15.5. The van der Waals surface area contributed by atoms with Gasteiger partial charge in [0.05, 0.1) is 27.5 Å². The van der Waals surface area contributed by atoms with Gasteiger partial charge in [-0.3, -0.25) is 9.59 Å². The summed E-state index contributed by atoms with van der Waals surface area (Å²) in [7, 11) is 4.58. The van der Waals surface area contributed by atoms with E-state index in [1.54, 1.807) is 36.4 Å². The van der Waals surface area contributed by atoms with Crippen molar-refractivity contribution in [3.8, 4) is 17.2 Å². The molecule has 0 aliphatic heterocycles. The summed E-state index contributed by atoms with van der Waals surface area (Å²) in [5.41, 5.74) is 4.06. The summed E-state index contributed by atoms with van der Waals surface area (Å²) in [5.74, 6) is 0.987. The molecular formula is C19H21N3O5. The highest BCUT2D eigenvalue weighted by atomic mass is 16.5. The molecule has 27 heavy (non-hydrogen) atoms. The Bertz CT molecular complexity index is 847. The van der Waals surface area contributed by atoms with Crippen LogP contribution in [0.4, 0.5) is 5.69 Å². The lowest BCUT2D eigenvalue weighted by Gasteiger charge is -2.11. The number of hydrogen-bond acceptors (Lipinski definition) is 6. The second-order valence-electron chi connectivity index (χ2n) is 5.41. The fourth-order valence-electron chi connectivity index (χ4n) is 2.29. The third-order valence-corrected chi connectivity index (χ3v) is 3.57. The molecule has 0 fully saturated rings. The fourth-order valence-corrected chi connectivity index (χ4v) is 2.29. The van der Waals surface area contributed by atoms with Gasteiger partial charge in [-0.05, 0) is 30.3 Å². The summed E-state index contributed by atoms with van der Waals surface area (Å²) >= 11 is 0. The first-order chi connectivity index (χ1) is 13.0. The molecule has 142 valence electrons. The molecule has 0 aliphatic rings. The maximum Gasteiger partial charge on any atom is 0.271 e. The Kier molecular flexibility index (Phi) is 6.76. The second-order valence-corrected chi connectivity index (χ2v) is 5.41. The van der Waals surface area contributed by atoms with Crippen molar-refractivity contribution < 1.29 is 23.8 Å². The average Bonchev–Trinajstić information content (AvgIpc) is 2.67. The van der Waals surface area contributed by atoms with Crippen LogP contribution in [-0.2, 0) is 4.79 Å². The smallest absolute Gasteiger partial charge is 0.271 e. The van der Waals surface area contributed by atoms with E-state index >= 15 is 0 Å². The number of carbonyl (C=O) groups excluding carboxylic acids is 2. The summed E-state index contributed by atoms with van der Waals surface area (Å²) in [6.45, 7) is 1.41. The van der Waals surface area contributed by atoms with Gasteiger partial charge in [0.25, 0.3) is 5.91 Å². The third-order valence-electron chi connectivity index (χ3n) is 3.57. The van der Waals surface area contributed by atoms with Crippen molar-refractivity contribution in [1.82, 2.24) is 5.43 Å². The van der Waals surface area contributed by atoms with Crippen LogP contribution in [0, 0.1) is 0 Å². The average molecular weight is 371 g/mol. The van der Waals surface area contributed by atoms with Crippen LogP contribution in [0.1, 0.15) is 22.8 Å². The van der Waals surface area contributed by atoms with E-state index in [-0.39, 0.29) is 11.8 Å². The van der Waals surface area contributed by atoms with Gasteiger partial charge in [0.1, 0.15) is 5.75 Å². The predicted molar refractivity (Wildman–Crippen MR) is 102 cm³/mol.